The largest absolute Gasteiger partial charge is 0.469 e. The molecule has 1 amide bonds. The van der Waals surface area contributed by atoms with Crippen LogP contribution in [0, 0.1) is 0 Å². The van der Waals surface area contributed by atoms with E-state index in [0.717, 1.165) is 5.76 Å². The number of sulfone groups is 1. The molecule has 1 saturated heterocycles. The van der Waals surface area contributed by atoms with Crippen LogP contribution in [0.5, 0.6) is 0 Å². The van der Waals surface area contributed by atoms with Gasteiger partial charge in [0.05, 0.1) is 16.8 Å². The topological polar surface area (TPSA) is 95.2 Å². The van der Waals surface area contributed by atoms with E-state index in [1.807, 2.05) is 17.0 Å². The van der Waals surface area contributed by atoms with Crippen molar-refractivity contribution in [1.29, 1.82) is 0 Å². The average Bonchev–Trinajstić information content (AvgIpc) is 3.06. The van der Waals surface area contributed by atoms with Crippen molar-refractivity contribution in [2.45, 2.75) is 25.0 Å². The zero-order chi connectivity index (χ0) is 19.4. The summed E-state index contributed by atoms with van der Waals surface area (Å²) in [6, 6.07) is 3.72. The van der Waals surface area contributed by atoms with Gasteiger partial charge < -0.3 is 19.5 Å². The molecule has 0 bridgehead atoms. The van der Waals surface area contributed by atoms with Crippen LogP contribution in [-0.2, 0) is 21.1 Å². The fourth-order valence-electron chi connectivity index (χ4n) is 2.63. The maximum absolute atomic E-state index is 12.2. The third-order valence-electron chi connectivity index (χ3n) is 4.44. The summed E-state index contributed by atoms with van der Waals surface area (Å²) in [5.41, 5.74) is 0. The first-order valence-corrected chi connectivity index (χ1v) is 10.3. The first-order valence-electron chi connectivity index (χ1n) is 8.60. The van der Waals surface area contributed by atoms with E-state index in [-0.39, 0.29) is 42.2 Å². The fraction of sp³-hybridized carbons (Fsp3) is 0.647. The van der Waals surface area contributed by atoms with Crippen LogP contribution >= 0.6 is 24.0 Å². The Morgan fingerprint density at radius 1 is 1.41 bits per heavy atom. The van der Waals surface area contributed by atoms with E-state index in [9.17, 15) is 13.2 Å². The predicted octanol–water partition coefficient (Wildman–Crippen LogP) is 0.983. The van der Waals surface area contributed by atoms with Crippen LogP contribution in [0.1, 0.15) is 19.6 Å². The van der Waals surface area contributed by atoms with Crippen LogP contribution in [0.3, 0.4) is 0 Å². The standard InChI is InChI=1S/C17H28N4O4S.HI/c1-17(2)13-21(9-11-26(17,23)24)16(19-12-15(22)20(3)4)18-8-7-14-6-5-10-25-14;/h5-6,10H,7-9,11-13H2,1-4H3,(H,18,19);1H. The number of aliphatic imine (C=N–C) groups is 1. The van der Waals surface area contributed by atoms with Crippen LogP contribution in [0.15, 0.2) is 27.8 Å². The number of rotatable bonds is 5. The maximum Gasteiger partial charge on any atom is 0.243 e. The van der Waals surface area contributed by atoms with Crippen LogP contribution in [0.25, 0.3) is 0 Å². The smallest absolute Gasteiger partial charge is 0.243 e. The number of amides is 1. The summed E-state index contributed by atoms with van der Waals surface area (Å²) in [6.07, 6.45) is 2.29. The number of guanidine groups is 1. The van der Waals surface area contributed by atoms with Gasteiger partial charge in [-0.3, -0.25) is 4.79 Å². The van der Waals surface area contributed by atoms with Gasteiger partial charge in [-0.15, -0.1) is 24.0 Å². The monoisotopic (exact) mass is 512 g/mol. The van der Waals surface area contributed by atoms with Crippen molar-refractivity contribution in [2.75, 3.05) is 46.0 Å². The van der Waals surface area contributed by atoms with Crippen molar-refractivity contribution in [3.8, 4) is 0 Å². The number of furan rings is 1. The van der Waals surface area contributed by atoms with E-state index in [0.29, 0.717) is 32.0 Å². The van der Waals surface area contributed by atoms with E-state index in [2.05, 4.69) is 10.3 Å². The third-order valence-corrected chi connectivity index (χ3v) is 6.97. The van der Waals surface area contributed by atoms with Crippen molar-refractivity contribution < 1.29 is 17.6 Å². The molecule has 0 aromatic carbocycles. The quantitative estimate of drug-likeness (QED) is 0.359. The number of likely N-dealkylation sites (N-methyl/N-ethyl adjacent to an activating group) is 1. The summed E-state index contributed by atoms with van der Waals surface area (Å²) in [5.74, 6) is 1.36. The molecule has 10 heteroatoms. The second-order valence-electron chi connectivity index (χ2n) is 7.18. The number of hydrogen-bond acceptors (Lipinski definition) is 5. The van der Waals surface area contributed by atoms with Gasteiger partial charge >= 0.3 is 0 Å². The van der Waals surface area contributed by atoms with Gasteiger partial charge in [0, 0.05) is 40.2 Å². The molecule has 0 saturated carbocycles. The lowest BCUT2D eigenvalue weighted by Crippen LogP contribution is -2.57. The van der Waals surface area contributed by atoms with Crippen LogP contribution in [0.2, 0.25) is 0 Å². The lowest BCUT2D eigenvalue weighted by atomic mass is 10.2. The van der Waals surface area contributed by atoms with Crippen molar-refractivity contribution in [3.63, 3.8) is 0 Å². The first kappa shape index (κ1) is 23.7. The maximum atomic E-state index is 12.2. The van der Waals surface area contributed by atoms with Gasteiger partial charge in [0.2, 0.25) is 5.91 Å². The molecule has 154 valence electrons. The zero-order valence-corrected chi connectivity index (χ0v) is 19.4. The molecule has 2 heterocycles. The summed E-state index contributed by atoms with van der Waals surface area (Å²) in [6.45, 7) is 4.72. The highest BCUT2D eigenvalue weighted by atomic mass is 127. The van der Waals surface area contributed by atoms with Gasteiger partial charge in [-0.2, -0.15) is 0 Å². The summed E-state index contributed by atoms with van der Waals surface area (Å²) in [7, 11) is 0.215. The van der Waals surface area contributed by atoms with Crippen LogP contribution in [-0.4, -0.2) is 80.9 Å². The molecule has 0 spiro atoms. The Kier molecular flexibility index (Phi) is 8.58. The van der Waals surface area contributed by atoms with Gasteiger partial charge in [0.1, 0.15) is 12.3 Å². The van der Waals surface area contributed by atoms with Gasteiger partial charge in [-0.25, -0.2) is 13.4 Å². The molecule has 0 atom stereocenters. The van der Waals surface area contributed by atoms with Crippen molar-refractivity contribution in [3.05, 3.63) is 24.2 Å². The number of hydrogen-bond donors (Lipinski definition) is 1. The van der Waals surface area contributed by atoms with Crippen LogP contribution < -0.4 is 5.32 Å². The number of nitrogens with one attached hydrogen (secondary N) is 1. The van der Waals surface area contributed by atoms with Gasteiger partial charge in [-0.05, 0) is 26.0 Å². The minimum Gasteiger partial charge on any atom is -0.469 e. The molecular formula is C17H29IN4O4S. The second-order valence-corrected chi connectivity index (χ2v) is 9.93. The van der Waals surface area contributed by atoms with Crippen LogP contribution in [0.4, 0.5) is 0 Å². The highest BCUT2D eigenvalue weighted by molar-refractivity contribution is 14.0. The van der Waals surface area contributed by atoms with E-state index < -0.39 is 14.6 Å². The SMILES string of the molecule is CN(C)C(=O)CN=C(NCCc1ccco1)N1CCS(=O)(=O)C(C)(C)C1.I. The minimum atomic E-state index is -3.14. The highest BCUT2D eigenvalue weighted by Crippen LogP contribution is 2.23. The van der Waals surface area contributed by atoms with Crippen molar-refractivity contribution in [2.24, 2.45) is 4.99 Å². The molecule has 1 aromatic heterocycles. The Bertz CT molecular complexity index is 745. The molecule has 27 heavy (non-hydrogen) atoms. The van der Waals surface area contributed by atoms with Crippen molar-refractivity contribution >= 4 is 45.7 Å². The van der Waals surface area contributed by atoms with Gasteiger partial charge in [0.25, 0.3) is 0 Å². The van der Waals surface area contributed by atoms with E-state index in [4.69, 9.17) is 4.42 Å². The molecule has 1 aliphatic rings. The Morgan fingerprint density at radius 3 is 2.67 bits per heavy atom. The minimum absolute atomic E-state index is 0. The molecule has 1 N–H and O–H groups in total. The van der Waals surface area contributed by atoms with E-state index >= 15 is 0 Å². The Hall–Kier alpha value is -1.30. The number of halogens is 1. The van der Waals surface area contributed by atoms with E-state index in [1.54, 1.807) is 34.2 Å². The molecule has 1 aromatic rings. The fourth-order valence-corrected chi connectivity index (χ4v) is 3.99. The molecule has 0 radical (unpaired) electrons. The molecular weight excluding hydrogens is 483 g/mol. The predicted molar refractivity (Wildman–Crippen MR) is 116 cm³/mol. The van der Waals surface area contributed by atoms with Crippen molar-refractivity contribution in [1.82, 2.24) is 15.1 Å². The third kappa shape index (κ3) is 6.37. The normalized spacial score (nSPS) is 18.5. The summed E-state index contributed by atoms with van der Waals surface area (Å²) < 4.78 is 28.9. The lowest BCUT2D eigenvalue weighted by molar-refractivity contribution is -0.127. The molecule has 1 aliphatic heterocycles. The summed E-state index contributed by atoms with van der Waals surface area (Å²) in [4.78, 5) is 19.7. The summed E-state index contributed by atoms with van der Waals surface area (Å²) in [5, 5.41) is 3.24. The number of carbonyl (C=O) groups is 1. The molecule has 2 rings (SSSR count). The Labute approximate surface area is 178 Å². The molecule has 0 unspecified atom stereocenters. The Balaban J connectivity index is 0.00000364. The second kappa shape index (κ2) is 9.76. The lowest BCUT2D eigenvalue weighted by Gasteiger charge is -2.39. The molecule has 1 fully saturated rings. The van der Waals surface area contributed by atoms with Gasteiger partial charge in [0.15, 0.2) is 15.8 Å². The molecule has 0 aliphatic carbocycles. The summed E-state index contributed by atoms with van der Waals surface area (Å²) >= 11 is 0. The first-order chi connectivity index (χ1) is 12.1. The number of nitrogens with zero attached hydrogens (tertiary/aromatic N) is 3. The van der Waals surface area contributed by atoms with Gasteiger partial charge in [-0.1, -0.05) is 0 Å². The number of carbonyl (C=O) groups excluding carboxylic acids is 1. The zero-order valence-electron chi connectivity index (χ0n) is 16.3. The van der Waals surface area contributed by atoms with E-state index in [1.165, 1.54) is 4.90 Å². The molecule has 8 nitrogen and oxygen atoms in total. The highest BCUT2D eigenvalue weighted by Gasteiger charge is 2.41. The Morgan fingerprint density at radius 2 is 2.11 bits per heavy atom. The average molecular weight is 512 g/mol.